The van der Waals surface area contributed by atoms with Gasteiger partial charge < -0.3 is 4.90 Å². The number of benzene rings is 1. The fourth-order valence-electron chi connectivity index (χ4n) is 3.42. The summed E-state index contributed by atoms with van der Waals surface area (Å²) < 4.78 is 41.6. The monoisotopic (exact) mass is 454 g/mol. The first-order chi connectivity index (χ1) is 13.2. The average Bonchev–Trinajstić information content (AvgIpc) is 2.68. The van der Waals surface area contributed by atoms with E-state index in [4.69, 9.17) is 10.8 Å². The maximum atomic E-state index is 13.3. The van der Waals surface area contributed by atoms with Crippen LogP contribution in [0.1, 0.15) is 29.9 Å². The van der Waals surface area contributed by atoms with Gasteiger partial charge in [-0.25, -0.2) is 0 Å². The van der Waals surface area contributed by atoms with Crippen LogP contribution in [0, 0.1) is 10.8 Å². The number of pyridine rings is 1. The quantitative estimate of drug-likeness (QED) is 0.496. The van der Waals surface area contributed by atoms with Crippen LogP contribution in [0.4, 0.5) is 13.2 Å². The first kappa shape index (κ1) is 20.3. The molecule has 1 amide bonds. The van der Waals surface area contributed by atoms with Crippen molar-refractivity contribution in [1.29, 1.82) is 10.8 Å². The van der Waals surface area contributed by atoms with Gasteiger partial charge in [0.15, 0.2) is 5.84 Å². The summed E-state index contributed by atoms with van der Waals surface area (Å²) >= 11 is 3.25. The topological polar surface area (TPSA) is 72.9 Å². The average molecular weight is 455 g/mol. The zero-order valence-corrected chi connectivity index (χ0v) is 16.3. The van der Waals surface area contributed by atoms with Crippen LogP contribution >= 0.6 is 15.9 Å². The van der Waals surface area contributed by atoms with E-state index in [1.165, 1.54) is 29.3 Å². The standard InChI is InChI=1S/C19H18BrF3N4O/c20-13-5-6-16(24)27(11-13)17(25)18(28)26-9-7-12(8-10-26)14-3-1-2-4-15(14)19(21,22)23/h1-6,11-12,24-25H,7-10H2. The zero-order valence-electron chi connectivity index (χ0n) is 14.8. The summed E-state index contributed by atoms with van der Waals surface area (Å²) in [5.41, 5.74) is -0.376. The molecule has 3 rings (SSSR count). The van der Waals surface area contributed by atoms with Crippen molar-refractivity contribution in [1.82, 2.24) is 9.47 Å². The molecule has 1 aromatic carbocycles. The van der Waals surface area contributed by atoms with Crippen LogP contribution < -0.4 is 5.49 Å². The van der Waals surface area contributed by atoms with Gasteiger partial charge in [-0.2, -0.15) is 13.2 Å². The summed E-state index contributed by atoms with van der Waals surface area (Å²) in [5.74, 6) is -1.19. The third-order valence-corrected chi connectivity index (χ3v) is 5.31. The van der Waals surface area contributed by atoms with Crippen LogP contribution in [-0.2, 0) is 11.0 Å². The maximum Gasteiger partial charge on any atom is 0.416 e. The number of hydrogen-bond acceptors (Lipinski definition) is 3. The van der Waals surface area contributed by atoms with E-state index in [2.05, 4.69) is 15.9 Å². The van der Waals surface area contributed by atoms with Gasteiger partial charge in [0.2, 0.25) is 0 Å². The van der Waals surface area contributed by atoms with E-state index in [1.807, 2.05) is 0 Å². The molecule has 1 aromatic heterocycles. The van der Waals surface area contributed by atoms with Crippen LogP contribution in [0.2, 0.25) is 0 Å². The molecule has 1 aliphatic rings. The van der Waals surface area contributed by atoms with Gasteiger partial charge in [-0.05, 0) is 58.5 Å². The third kappa shape index (κ3) is 4.19. The molecule has 28 heavy (non-hydrogen) atoms. The van der Waals surface area contributed by atoms with Crippen molar-refractivity contribution in [2.75, 3.05) is 13.1 Å². The predicted octanol–water partition coefficient (Wildman–Crippen LogP) is 3.98. The SMILES string of the molecule is N=C(C(=O)N1CCC(c2ccccc2C(F)(F)F)CC1)n1cc(Br)ccc1=N. The molecule has 1 aliphatic heterocycles. The summed E-state index contributed by atoms with van der Waals surface area (Å²) in [5, 5.41) is 16.0. The smallest absolute Gasteiger partial charge is 0.336 e. The number of nitrogens with one attached hydrogen (secondary N) is 2. The lowest BCUT2D eigenvalue weighted by atomic mass is 9.86. The lowest BCUT2D eigenvalue weighted by Crippen LogP contribution is -2.45. The predicted molar refractivity (Wildman–Crippen MR) is 101 cm³/mol. The Morgan fingerprint density at radius 1 is 1.11 bits per heavy atom. The number of carbonyl (C=O) groups excluding carboxylic acids is 1. The Kier molecular flexibility index (Phi) is 5.74. The number of halogens is 4. The maximum absolute atomic E-state index is 13.3. The van der Waals surface area contributed by atoms with Crippen molar-refractivity contribution in [3.05, 3.63) is 63.7 Å². The van der Waals surface area contributed by atoms with Gasteiger partial charge >= 0.3 is 6.18 Å². The van der Waals surface area contributed by atoms with Gasteiger partial charge in [-0.1, -0.05) is 18.2 Å². The van der Waals surface area contributed by atoms with E-state index in [1.54, 1.807) is 12.1 Å². The van der Waals surface area contributed by atoms with E-state index >= 15 is 0 Å². The minimum atomic E-state index is -4.41. The molecule has 1 saturated heterocycles. The number of amides is 1. The van der Waals surface area contributed by atoms with E-state index in [9.17, 15) is 18.0 Å². The highest BCUT2D eigenvalue weighted by Gasteiger charge is 2.36. The summed E-state index contributed by atoms with van der Waals surface area (Å²) in [6.45, 7) is 0.528. The first-order valence-electron chi connectivity index (χ1n) is 8.65. The van der Waals surface area contributed by atoms with Crippen molar-refractivity contribution in [2.24, 2.45) is 0 Å². The summed E-state index contributed by atoms with van der Waals surface area (Å²) in [7, 11) is 0. The Labute approximate surface area is 167 Å². The second-order valence-electron chi connectivity index (χ2n) is 6.60. The number of piperidine rings is 1. The van der Waals surface area contributed by atoms with Crippen molar-refractivity contribution in [3.8, 4) is 0 Å². The van der Waals surface area contributed by atoms with Gasteiger partial charge in [-0.3, -0.25) is 20.2 Å². The second-order valence-corrected chi connectivity index (χ2v) is 7.52. The molecule has 0 saturated carbocycles. The molecular weight excluding hydrogens is 437 g/mol. The van der Waals surface area contributed by atoms with Crippen molar-refractivity contribution in [2.45, 2.75) is 24.9 Å². The Balaban J connectivity index is 1.72. The fourth-order valence-corrected chi connectivity index (χ4v) is 3.75. The third-order valence-electron chi connectivity index (χ3n) is 4.84. The zero-order chi connectivity index (χ0) is 20.5. The number of alkyl halides is 3. The Bertz CT molecular complexity index is 962. The lowest BCUT2D eigenvalue weighted by molar-refractivity contribution is -0.138. The van der Waals surface area contributed by atoms with Crippen molar-refractivity contribution in [3.63, 3.8) is 0 Å². The van der Waals surface area contributed by atoms with Gasteiger partial charge in [0.25, 0.3) is 5.91 Å². The molecule has 2 heterocycles. The largest absolute Gasteiger partial charge is 0.416 e. The lowest BCUT2D eigenvalue weighted by Gasteiger charge is -2.33. The number of hydrogen-bond donors (Lipinski definition) is 2. The molecule has 0 radical (unpaired) electrons. The van der Waals surface area contributed by atoms with Crippen LogP contribution in [0.5, 0.6) is 0 Å². The summed E-state index contributed by atoms with van der Waals surface area (Å²) in [6, 6.07) is 8.66. The summed E-state index contributed by atoms with van der Waals surface area (Å²) in [6.07, 6.45) is -2.16. The molecule has 0 unspecified atom stereocenters. The fraction of sp³-hybridized carbons (Fsp3) is 0.316. The van der Waals surface area contributed by atoms with Gasteiger partial charge in [0.1, 0.15) is 5.49 Å². The first-order valence-corrected chi connectivity index (χ1v) is 9.45. The number of carbonyl (C=O) groups is 1. The van der Waals surface area contributed by atoms with Crippen molar-refractivity contribution < 1.29 is 18.0 Å². The number of rotatable bonds is 1. The second kappa shape index (κ2) is 7.90. The van der Waals surface area contributed by atoms with E-state index in [0.717, 1.165) is 10.6 Å². The molecule has 0 spiro atoms. The normalized spacial score (nSPS) is 15.5. The van der Waals surface area contributed by atoms with Gasteiger partial charge in [0.05, 0.1) is 5.56 Å². The highest BCUT2D eigenvalue weighted by atomic mass is 79.9. The summed E-state index contributed by atoms with van der Waals surface area (Å²) in [4.78, 5) is 14.1. The molecule has 0 bridgehead atoms. The van der Waals surface area contributed by atoms with Gasteiger partial charge in [0, 0.05) is 23.8 Å². The van der Waals surface area contributed by atoms with Crippen LogP contribution in [0.15, 0.2) is 47.1 Å². The highest BCUT2D eigenvalue weighted by Crippen LogP contribution is 2.38. The minimum Gasteiger partial charge on any atom is -0.336 e. The molecule has 0 aliphatic carbocycles. The van der Waals surface area contributed by atoms with Gasteiger partial charge in [-0.15, -0.1) is 0 Å². The Morgan fingerprint density at radius 2 is 1.75 bits per heavy atom. The Morgan fingerprint density at radius 3 is 2.39 bits per heavy atom. The molecule has 9 heteroatoms. The van der Waals surface area contributed by atoms with Crippen molar-refractivity contribution >= 4 is 27.7 Å². The molecule has 2 N–H and O–H groups in total. The van der Waals surface area contributed by atoms with Crippen LogP contribution in [0.25, 0.3) is 0 Å². The van der Waals surface area contributed by atoms with E-state index in [-0.39, 0.29) is 35.9 Å². The highest BCUT2D eigenvalue weighted by molar-refractivity contribution is 9.10. The molecular formula is C19H18BrF3N4O. The minimum absolute atomic E-state index is 0.00413. The molecule has 1 fully saturated rings. The molecule has 148 valence electrons. The van der Waals surface area contributed by atoms with E-state index in [0.29, 0.717) is 17.3 Å². The number of nitrogens with zero attached hydrogens (tertiary/aromatic N) is 2. The number of aromatic nitrogens is 1. The number of likely N-dealkylation sites (tertiary alicyclic amines) is 1. The molecule has 5 nitrogen and oxygen atoms in total. The van der Waals surface area contributed by atoms with E-state index < -0.39 is 17.6 Å². The van der Waals surface area contributed by atoms with Crippen LogP contribution in [-0.4, -0.2) is 34.3 Å². The molecule has 2 aromatic rings. The Hall–Kier alpha value is -2.42. The molecule has 0 atom stereocenters. The van der Waals surface area contributed by atoms with Crippen LogP contribution in [0.3, 0.4) is 0 Å².